The standard InChI is InChI=1S/C13H17ClN2O3/c1-8-3-4-16(7-10(8)19-2)12-6-9(13(17)18)5-11(14)15-12/h5-6,8,10H,3-4,7H2,1-2H3,(H,17,18). The number of rotatable bonds is 3. The van der Waals surface area contributed by atoms with Gasteiger partial charge in [-0.1, -0.05) is 18.5 Å². The lowest BCUT2D eigenvalue weighted by Gasteiger charge is -2.37. The van der Waals surface area contributed by atoms with Crippen LogP contribution in [0.3, 0.4) is 0 Å². The summed E-state index contributed by atoms with van der Waals surface area (Å²) in [4.78, 5) is 17.3. The Hall–Kier alpha value is -1.33. The Balaban J connectivity index is 2.24. The molecule has 0 spiro atoms. The van der Waals surface area contributed by atoms with E-state index in [1.807, 2.05) is 4.90 Å². The zero-order valence-corrected chi connectivity index (χ0v) is 11.7. The minimum absolute atomic E-state index is 0.128. The molecule has 0 aromatic carbocycles. The van der Waals surface area contributed by atoms with Gasteiger partial charge in [-0.3, -0.25) is 0 Å². The fraction of sp³-hybridized carbons (Fsp3) is 0.538. The third-order valence-corrected chi connectivity index (χ3v) is 3.74. The molecule has 1 aromatic rings. The summed E-state index contributed by atoms with van der Waals surface area (Å²) >= 11 is 5.88. The molecule has 1 N–H and O–H groups in total. The average Bonchev–Trinajstić information content (AvgIpc) is 2.38. The number of hydrogen-bond donors (Lipinski definition) is 1. The van der Waals surface area contributed by atoms with Gasteiger partial charge in [-0.15, -0.1) is 0 Å². The second kappa shape index (κ2) is 5.75. The van der Waals surface area contributed by atoms with Crippen LogP contribution in [0.2, 0.25) is 5.15 Å². The Bertz CT molecular complexity index is 481. The molecular formula is C13H17ClN2O3. The van der Waals surface area contributed by atoms with Gasteiger partial charge in [-0.25, -0.2) is 9.78 Å². The first kappa shape index (κ1) is 14.1. The normalized spacial score (nSPS) is 23.4. The summed E-state index contributed by atoms with van der Waals surface area (Å²) in [6.07, 6.45) is 1.11. The molecule has 0 radical (unpaired) electrons. The molecule has 0 aliphatic carbocycles. The predicted octanol–water partition coefficient (Wildman–Crippen LogP) is 2.29. The molecule has 0 amide bonds. The van der Waals surface area contributed by atoms with Crippen LogP contribution in [-0.2, 0) is 4.74 Å². The Morgan fingerprint density at radius 1 is 1.58 bits per heavy atom. The van der Waals surface area contributed by atoms with Crippen LogP contribution in [0.5, 0.6) is 0 Å². The van der Waals surface area contributed by atoms with Crippen molar-refractivity contribution in [1.82, 2.24) is 4.98 Å². The molecule has 5 nitrogen and oxygen atoms in total. The third-order valence-electron chi connectivity index (χ3n) is 3.54. The predicted molar refractivity (Wildman–Crippen MR) is 73.0 cm³/mol. The highest BCUT2D eigenvalue weighted by Crippen LogP contribution is 2.25. The maximum absolute atomic E-state index is 11.0. The monoisotopic (exact) mass is 284 g/mol. The van der Waals surface area contributed by atoms with Crippen LogP contribution in [0, 0.1) is 5.92 Å². The second-order valence-corrected chi connectivity index (χ2v) is 5.22. The Labute approximate surface area is 117 Å². The molecule has 0 saturated carbocycles. The first-order chi connectivity index (χ1) is 9.01. The number of aromatic carboxylic acids is 1. The van der Waals surface area contributed by atoms with Crippen LogP contribution in [0.25, 0.3) is 0 Å². The minimum atomic E-state index is -1.00. The number of carboxylic acids is 1. The van der Waals surface area contributed by atoms with Crippen molar-refractivity contribution in [3.05, 3.63) is 22.8 Å². The van der Waals surface area contributed by atoms with Crippen molar-refractivity contribution in [2.24, 2.45) is 5.92 Å². The minimum Gasteiger partial charge on any atom is -0.478 e. The lowest BCUT2D eigenvalue weighted by Crippen LogP contribution is -2.44. The van der Waals surface area contributed by atoms with E-state index >= 15 is 0 Å². The lowest BCUT2D eigenvalue weighted by atomic mass is 9.96. The summed E-state index contributed by atoms with van der Waals surface area (Å²) in [6, 6.07) is 2.91. The van der Waals surface area contributed by atoms with Crippen LogP contribution in [0.4, 0.5) is 5.82 Å². The Morgan fingerprint density at radius 3 is 2.95 bits per heavy atom. The highest BCUT2D eigenvalue weighted by molar-refractivity contribution is 6.29. The van der Waals surface area contributed by atoms with Gasteiger partial charge in [0.15, 0.2) is 0 Å². The second-order valence-electron chi connectivity index (χ2n) is 4.83. The van der Waals surface area contributed by atoms with E-state index in [0.717, 1.165) is 13.0 Å². The van der Waals surface area contributed by atoms with E-state index in [2.05, 4.69) is 11.9 Å². The highest BCUT2D eigenvalue weighted by atomic mass is 35.5. The smallest absolute Gasteiger partial charge is 0.335 e. The SMILES string of the molecule is COC1CN(c2cc(C(=O)O)cc(Cl)n2)CCC1C. The van der Waals surface area contributed by atoms with Crippen LogP contribution in [0.1, 0.15) is 23.7 Å². The van der Waals surface area contributed by atoms with Crippen molar-refractivity contribution in [1.29, 1.82) is 0 Å². The first-order valence-corrected chi connectivity index (χ1v) is 6.57. The van der Waals surface area contributed by atoms with Gasteiger partial charge < -0.3 is 14.7 Å². The van der Waals surface area contributed by atoms with Crippen molar-refractivity contribution in [2.45, 2.75) is 19.4 Å². The number of methoxy groups -OCH3 is 1. The van der Waals surface area contributed by atoms with Crippen LogP contribution >= 0.6 is 11.6 Å². The third kappa shape index (κ3) is 3.16. The molecule has 104 valence electrons. The molecule has 1 aromatic heterocycles. The number of carboxylic acid groups (broad SMARTS) is 1. The fourth-order valence-corrected chi connectivity index (χ4v) is 2.52. The van der Waals surface area contributed by atoms with E-state index in [0.29, 0.717) is 18.3 Å². The van der Waals surface area contributed by atoms with Gasteiger partial charge in [0.2, 0.25) is 0 Å². The number of ether oxygens (including phenoxy) is 1. The molecule has 1 aliphatic heterocycles. The molecule has 2 unspecified atom stereocenters. The summed E-state index contributed by atoms with van der Waals surface area (Å²) in [5.74, 6) is 0.0810. The van der Waals surface area contributed by atoms with E-state index in [1.165, 1.54) is 6.07 Å². The van der Waals surface area contributed by atoms with Crippen molar-refractivity contribution < 1.29 is 14.6 Å². The fourth-order valence-electron chi connectivity index (χ4n) is 2.32. The lowest BCUT2D eigenvalue weighted by molar-refractivity contribution is 0.0496. The Morgan fingerprint density at radius 2 is 2.32 bits per heavy atom. The zero-order valence-electron chi connectivity index (χ0n) is 11.0. The molecule has 2 heterocycles. The van der Waals surface area contributed by atoms with Crippen molar-refractivity contribution in [3.8, 4) is 0 Å². The Kier molecular flexibility index (Phi) is 4.27. The topological polar surface area (TPSA) is 62.7 Å². The van der Waals surface area contributed by atoms with Crippen molar-refractivity contribution in [3.63, 3.8) is 0 Å². The van der Waals surface area contributed by atoms with Gasteiger partial charge in [0.25, 0.3) is 0 Å². The van der Waals surface area contributed by atoms with Crippen LogP contribution < -0.4 is 4.90 Å². The van der Waals surface area contributed by atoms with Gasteiger partial charge >= 0.3 is 5.97 Å². The van der Waals surface area contributed by atoms with E-state index < -0.39 is 5.97 Å². The maximum Gasteiger partial charge on any atom is 0.335 e. The van der Waals surface area contributed by atoms with Gasteiger partial charge in [0, 0.05) is 20.2 Å². The number of piperidine rings is 1. The number of carbonyl (C=O) groups is 1. The zero-order chi connectivity index (χ0) is 14.0. The largest absolute Gasteiger partial charge is 0.478 e. The number of pyridine rings is 1. The molecule has 1 fully saturated rings. The van der Waals surface area contributed by atoms with Gasteiger partial charge in [-0.05, 0) is 24.5 Å². The van der Waals surface area contributed by atoms with Crippen molar-refractivity contribution in [2.75, 3.05) is 25.1 Å². The number of nitrogens with zero attached hydrogens (tertiary/aromatic N) is 2. The average molecular weight is 285 g/mol. The number of hydrogen-bond acceptors (Lipinski definition) is 4. The molecular weight excluding hydrogens is 268 g/mol. The molecule has 1 saturated heterocycles. The van der Waals surface area contributed by atoms with Crippen molar-refractivity contribution >= 4 is 23.4 Å². The molecule has 2 rings (SSSR count). The molecule has 2 atom stereocenters. The van der Waals surface area contributed by atoms with E-state index in [4.69, 9.17) is 21.4 Å². The molecule has 19 heavy (non-hydrogen) atoms. The summed E-state index contributed by atoms with van der Waals surface area (Å²) in [5.41, 5.74) is 0.155. The number of halogens is 1. The quantitative estimate of drug-likeness (QED) is 0.863. The number of anilines is 1. The number of aromatic nitrogens is 1. The summed E-state index contributed by atoms with van der Waals surface area (Å²) < 4.78 is 5.44. The maximum atomic E-state index is 11.0. The molecule has 6 heteroatoms. The van der Waals surface area contributed by atoms with Gasteiger partial charge in [0.1, 0.15) is 11.0 Å². The van der Waals surface area contributed by atoms with E-state index in [1.54, 1.807) is 13.2 Å². The van der Waals surface area contributed by atoms with Gasteiger partial charge in [0.05, 0.1) is 11.7 Å². The van der Waals surface area contributed by atoms with E-state index in [9.17, 15) is 4.79 Å². The summed E-state index contributed by atoms with van der Waals surface area (Å²) in [6.45, 7) is 3.68. The van der Waals surface area contributed by atoms with Crippen LogP contribution in [0.15, 0.2) is 12.1 Å². The molecule has 1 aliphatic rings. The summed E-state index contributed by atoms with van der Waals surface area (Å²) in [7, 11) is 1.69. The first-order valence-electron chi connectivity index (χ1n) is 6.20. The molecule has 0 bridgehead atoms. The summed E-state index contributed by atoms with van der Waals surface area (Å²) in [5, 5.41) is 9.24. The highest BCUT2D eigenvalue weighted by Gasteiger charge is 2.27. The van der Waals surface area contributed by atoms with Gasteiger partial charge in [-0.2, -0.15) is 0 Å². The van der Waals surface area contributed by atoms with Crippen LogP contribution in [-0.4, -0.2) is 42.4 Å². The van der Waals surface area contributed by atoms with E-state index in [-0.39, 0.29) is 16.8 Å².